The van der Waals surface area contributed by atoms with Crippen LogP contribution >= 0.6 is 0 Å². The lowest BCUT2D eigenvalue weighted by Gasteiger charge is -2.29. The van der Waals surface area contributed by atoms with Crippen LogP contribution in [0.25, 0.3) is 6.08 Å². The van der Waals surface area contributed by atoms with Crippen molar-refractivity contribution in [1.82, 2.24) is 0 Å². The summed E-state index contributed by atoms with van der Waals surface area (Å²) in [6.45, 7) is 2.53. The summed E-state index contributed by atoms with van der Waals surface area (Å²) < 4.78 is 48.0. The van der Waals surface area contributed by atoms with Crippen LogP contribution < -0.4 is 10.2 Å². The molecule has 31 heavy (non-hydrogen) atoms. The summed E-state index contributed by atoms with van der Waals surface area (Å²) in [6.07, 6.45) is -1.85. The van der Waals surface area contributed by atoms with Gasteiger partial charge in [0.25, 0.3) is 0 Å². The highest BCUT2D eigenvalue weighted by molar-refractivity contribution is 6.06. The van der Waals surface area contributed by atoms with Crippen LogP contribution in [0, 0.1) is 0 Å². The van der Waals surface area contributed by atoms with Crippen molar-refractivity contribution in [3.8, 4) is 0 Å². The Labute approximate surface area is 177 Å². The Morgan fingerprint density at radius 2 is 1.77 bits per heavy atom. The van der Waals surface area contributed by atoms with E-state index in [1.165, 1.54) is 31.4 Å². The quantitative estimate of drug-likeness (QED) is 0.570. The number of rotatable bonds is 5. The molecule has 0 aromatic heterocycles. The van der Waals surface area contributed by atoms with Gasteiger partial charge >= 0.3 is 12.1 Å². The van der Waals surface area contributed by atoms with E-state index < -0.39 is 23.6 Å². The highest BCUT2D eigenvalue weighted by atomic mass is 19.4. The molecule has 1 heterocycles. The van der Waals surface area contributed by atoms with Gasteiger partial charge in [0.1, 0.15) is 0 Å². The molecule has 6 nitrogen and oxygen atoms in total. The Morgan fingerprint density at radius 1 is 1.10 bits per heavy atom. The molecule has 3 rings (SSSR count). The van der Waals surface area contributed by atoms with Crippen molar-refractivity contribution in [2.45, 2.75) is 6.18 Å². The maximum Gasteiger partial charge on any atom is 0.416 e. The smallest absolute Gasteiger partial charge is 0.416 e. The van der Waals surface area contributed by atoms with E-state index in [2.05, 4.69) is 10.2 Å². The van der Waals surface area contributed by atoms with Crippen molar-refractivity contribution in [2.24, 2.45) is 0 Å². The van der Waals surface area contributed by atoms with Crippen LogP contribution in [0.5, 0.6) is 0 Å². The number of carbonyl (C=O) groups is 2. The van der Waals surface area contributed by atoms with E-state index in [-0.39, 0.29) is 11.3 Å². The van der Waals surface area contributed by atoms with Gasteiger partial charge in [-0.15, -0.1) is 0 Å². The number of ether oxygens (including phenoxy) is 2. The van der Waals surface area contributed by atoms with Crippen molar-refractivity contribution in [2.75, 3.05) is 43.6 Å². The Hall–Kier alpha value is -3.33. The fourth-order valence-corrected chi connectivity index (χ4v) is 3.07. The van der Waals surface area contributed by atoms with Gasteiger partial charge in [0.15, 0.2) is 0 Å². The van der Waals surface area contributed by atoms with Crippen molar-refractivity contribution < 1.29 is 32.2 Å². The molecule has 9 heteroatoms. The fraction of sp³-hybridized carbons (Fsp3) is 0.273. The number of benzene rings is 2. The molecule has 1 N–H and O–H groups in total. The van der Waals surface area contributed by atoms with Gasteiger partial charge in [-0.3, -0.25) is 4.79 Å². The average molecular weight is 434 g/mol. The van der Waals surface area contributed by atoms with Gasteiger partial charge in [-0.25, -0.2) is 4.79 Å². The number of methoxy groups -OCH3 is 1. The summed E-state index contributed by atoms with van der Waals surface area (Å²) in [7, 11) is 1.25. The molecule has 1 aliphatic heterocycles. The van der Waals surface area contributed by atoms with Crippen LogP contribution in [0.15, 0.2) is 48.5 Å². The van der Waals surface area contributed by atoms with E-state index in [4.69, 9.17) is 9.47 Å². The third kappa shape index (κ3) is 5.85. The predicted octanol–water partition coefficient (Wildman–Crippen LogP) is 3.98. The maximum absolute atomic E-state index is 12.6. The molecular weight excluding hydrogens is 413 g/mol. The number of hydrogen-bond acceptors (Lipinski definition) is 5. The van der Waals surface area contributed by atoms with E-state index in [9.17, 15) is 22.8 Å². The lowest BCUT2D eigenvalue weighted by molar-refractivity contribution is -0.137. The molecule has 1 fully saturated rings. The maximum atomic E-state index is 12.6. The molecule has 2 aromatic carbocycles. The molecule has 0 radical (unpaired) electrons. The van der Waals surface area contributed by atoms with Crippen LogP contribution in [0.3, 0.4) is 0 Å². The van der Waals surface area contributed by atoms with E-state index in [0.29, 0.717) is 31.9 Å². The molecule has 2 aromatic rings. The van der Waals surface area contributed by atoms with Crippen molar-refractivity contribution in [3.05, 3.63) is 65.2 Å². The van der Waals surface area contributed by atoms with Crippen LogP contribution in [0.2, 0.25) is 0 Å². The molecule has 1 amide bonds. The molecule has 0 saturated carbocycles. The van der Waals surface area contributed by atoms with Crippen LogP contribution in [-0.2, 0) is 20.4 Å². The SMILES string of the molecule is COC(=O)c1cc(N2CCOCC2)ccc1NC(=O)/C=C/c1ccc(C(F)(F)F)cc1. The zero-order valence-corrected chi connectivity index (χ0v) is 16.7. The highest BCUT2D eigenvalue weighted by Gasteiger charge is 2.29. The normalized spacial score (nSPS) is 14.5. The molecule has 0 aliphatic carbocycles. The number of carbonyl (C=O) groups excluding carboxylic acids is 2. The Kier molecular flexibility index (Phi) is 6.96. The zero-order chi connectivity index (χ0) is 22.4. The summed E-state index contributed by atoms with van der Waals surface area (Å²) in [5.74, 6) is -1.14. The van der Waals surface area contributed by atoms with Crippen LogP contribution in [-0.4, -0.2) is 45.3 Å². The van der Waals surface area contributed by atoms with Crippen LogP contribution in [0.4, 0.5) is 24.5 Å². The number of nitrogens with one attached hydrogen (secondary N) is 1. The van der Waals surface area contributed by atoms with Crippen molar-refractivity contribution >= 4 is 29.3 Å². The largest absolute Gasteiger partial charge is 0.465 e. The van der Waals surface area contributed by atoms with Gasteiger partial charge in [-0.05, 0) is 42.0 Å². The summed E-state index contributed by atoms with van der Waals surface area (Å²) in [5.41, 5.74) is 0.937. The first-order valence-corrected chi connectivity index (χ1v) is 9.49. The minimum absolute atomic E-state index is 0.197. The topological polar surface area (TPSA) is 67.9 Å². The third-order valence-electron chi connectivity index (χ3n) is 4.71. The monoisotopic (exact) mass is 434 g/mol. The average Bonchev–Trinajstić information content (AvgIpc) is 2.77. The van der Waals surface area contributed by atoms with E-state index in [0.717, 1.165) is 17.8 Å². The Morgan fingerprint density at radius 3 is 2.39 bits per heavy atom. The van der Waals surface area contributed by atoms with E-state index in [1.807, 2.05) is 0 Å². The first-order valence-electron chi connectivity index (χ1n) is 9.49. The minimum atomic E-state index is -4.42. The number of morpholine rings is 1. The summed E-state index contributed by atoms with van der Waals surface area (Å²) in [6, 6.07) is 9.46. The number of amides is 1. The van der Waals surface area contributed by atoms with Gasteiger partial charge in [0.2, 0.25) is 5.91 Å². The number of anilines is 2. The first-order chi connectivity index (χ1) is 14.8. The molecule has 1 aliphatic rings. The van der Waals surface area contributed by atoms with Crippen LogP contribution in [0.1, 0.15) is 21.5 Å². The van der Waals surface area contributed by atoms with Gasteiger partial charge in [-0.2, -0.15) is 13.2 Å². The molecule has 0 spiro atoms. The lowest BCUT2D eigenvalue weighted by Crippen LogP contribution is -2.36. The summed E-state index contributed by atoms with van der Waals surface area (Å²) >= 11 is 0. The number of halogens is 3. The zero-order valence-electron chi connectivity index (χ0n) is 16.7. The third-order valence-corrected chi connectivity index (χ3v) is 4.71. The highest BCUT2D eigenvalue weighted by Crippen LogP contribution is 2.29. The summed E-state index contributed by atoms with van der Waals surface area (Å²) in [4.78, 5) is 26.6. The molecule has 164 valence electrons. The van der Waals surface area contributed by atoms with E-state index >= 15 is 0 Å². The van der Waals surface area contributed by atoms with Gasteiger partial charge in [0.05, 0.1) is 37.1 Å². The van der Waals surface area contributed by atoms with Crippen molar-refractivity contribution in [3.63, 3.8) is 0 Å². The number of alkyl halides is 3. The second-order valence-electron chi connectivity index (χ2n) is 6.76. The van der Waals surface area contributed by atoms with Crippen molar-refractivity contribution in [1.29, 1.82) is 0 Å². The molecule has 0 bridgehead atoms. The molecular formula is C22H21F3N2O4. The molecule has 0 unspecified atom stereocenters. The van der Waals surface area contributed by atoms with Gasteiger partial charge < -0.3 is 19.7 Å². The first kappa shape index (κ1) is 22.4. The molecule has 1 saturated heterocycles. The number of esters is 1. The van der Waals surface area contributed by atoms with Gasteiger partial charge in [-0.1, -0.05) is 12.1 Å². The predicted molar refractivity (Wildman–Crippen MR) is 110 cm³/mol. The number of nitrogens with zero attached hydrogens (tertiary/aromatic N) is 1. The molecule has 0 atom stereocenters. The van der Waals surface area contributed by atoms with Gasteiger partial charge in [0, 0.05) is 24.9 Å². The number of hydrogen-bond donors (Lipinski definition) is 1. The van der Waals surface area contributed by atoms with E-state index in [1.54, 1.807) is 18.2 Å². The Bertz CT molecular complexity index is 966. The minimum Gasteiger partial charge on any atom is -0.465 e. The lowest BCUT2D eigenvalue weighted by atomic mass is 10.1. The standard InChI is InChI=1S/C22H21F3N2O4/c1-30-21(29)18-14-17(27-10-12-31-13-11-27)7-8-19(18)26-20(28)9-4-15-2-5-16(6-3-15)22(23,24)25/h2-9,14H,10-13H2,1H3,(H,26,28)/b9-4+. The second kappa shape index (κ2) is 9.65. The fourth-order valence-electron chi connectivity index (χ4n) is 3.07. The summed E-state index contributed by atoms with van der Waals surface area (Å²) in [5, 5.41) is 2.61. The Balaban J connectivity index is 1.73. The second-order valence-corrected chi connectivity index (χ2v) is 6.76.